The van der Waals surface area contributed by atoms with Gasteiger partial charge in [0.05, 0.1) is 5.69 Å². The van der Waals surface area contributed by atoms with E-state index in [1.54, 1.807) is 0 Å². The van der Waals surface area contributed by atoms with E-state index in [1.807, 2.05) is 55.1 Å². The zero-order valence-corrected chi connectivity index (χ0v) is 15.4. The second-order valence-electron chi connectivity index (χ2n) is 7.87. The van der Waals surface area contributed by atoms with Crippen molar-refractivity contribution in [2.45, 2.75) is 26.8 Å². The number of carbonyl (C=O) groups excluding carboxylic acids is 2. The number of amides is 2. The van der Waals surface area contributed by atoms with E-state index < -0.39 is 0 Å². The first-order chi connectivity index (χ1) is 11.9. The Balaban J connectivity index is 1.81. The summed E-state index contributed by atoms with van der Waals surface area (Å²) >= 11 is 0. The van der Waals surface area contributed by atoms with E-state index >= 15 is 0 Å². The van der Waals surface area contributed by atoms with Gasteiger partial charge in [0, 0.05) is 70.3 Å². The van der Waals surface area contributed by atoms with Crippen molar-refractivity contribution in [2.24, 2.45) is 11.3 Å². The van der Waals surface area contributed by atoms with Crippen molar-refractivity contribution in [2.75, 3.05) is 39.8 Å². The summed E-state index contributed by atoms with van der Waals surface area (Å²) in [6.45, 7) is 8.37. The molecule has 0 saturated carbocycles. The number of aromatic nitrogens is 1. The molecule has 0 unspecified atom stereocenters. The Labute approximate surface area is 149 Å². The van der Waals surface area contributed by atoms with Crippen LogP contribution in [0.15, 0.2) is 24.4 Å². The van der Waals surface area contributed by atoms with E-state index in [9.17, 15) is 9.59 Å². The molecule has 1 spiro atoms. The molecule has 6 nitrogen and oxygen atoms in total. The zero-order valence-electron chi connectivity index (χ0n) is 15.4. The predicted octanol–water partition coefficient (Wildman–Crippen LogP) is 1.23. The summed E-state index contributed by atoms with van der Waals surface area (Å²) < 4.78 is 0. The van der Waals surface area contributed by atoms with Crippen molar-refractivity contribution in [3.05, 3.63) is 30.1 Å². The van der Waals surface area contributed by atoms with Crippen molar-refractivity contribution in [3.8, 4) is 0 Å². The molecular formula is C19H28N4O2. The van der Waals surface area contributed by atoms with Crippen LogP contribution in [0.1, 0.15) is 26.0 Å². The molecule has 3 rings (SSSR count). The monoisotopic (exact) mass is 344 g/mol. The molecule has 0 aliphatic carbocycles. The Morgan fingerprint density at radius 3 is 2.64 bits per heavy atom. The van der Waals surface area contributed by atoms with Gasteiger partial charge in [-0.15, -0.1) is 0 Å². The smallest absolute Gasteiger partial charge is 0.225 e. The highest BCUT2D eigenvalue weighted by Gasteiger charge is 2.46. The lowest BCUT2D eigenvalue weighted by molar-refractivity contribution is -0.135. The fraction of sp³-hybridized carbons (Fsp3) is 0.632. The Kier molecular flexibility index (Phi) is 5.08. The SMILES string of the molecule is CC(C)C(=O)N1CCN(Cc2ccccn2)C[C@@]2(CC(=O)N(C)C2)C1. The largest absolute Gasteiger partial charge is 0.345 e. The molecule has 0 N–H and O–H groups in total. The third-order valence-electron chi connectivity index (χ3n) is 5.21. The van der Waals surface area contributed by atoms with Gasteiger partial charge >= 0.3 is 0 Å². The zero-order chi connectivity index (χ0) is 18.0. The van der Waals surface area contributed by atoms with Crippen molar-refractivity contribution in [3.63, 3.8) is 0 Å². The summed E-state index contributed by atoms with van der Waals surface area (Å²) in [5.74, 6) is 0.340. The van der Waals surface area contributed by atoms with E-state index in [-0.39, 0.29) is 23.1 Å². The molecule has 2 aliphatic rings. The molecular weight excluding hydrogens is 316 g/mol. The minimum atomic E-state index is -0.179. The second-order valence-corrected chi connectivity index (χ2v) is 7.87. The molecule has 3 heterocycles. The van der Waals surface area contributed by atoms with Gasteiger partial charge in [0.15, 0.2) is 0 Å². The van der Waals surface area contributed by atoms with Gasteiger partial charge in [-0.1, -0.05) is 19.9 Å². The van der Waals surface area contributed by atoms with Gasteiger partial charge in [-0.05, 0) is 12.1 Å². The van der Waals surface area contributed by atoms with E-state index in [0.29, 0.717) is 26.1 Å². The molecule has 2 amide bonds. The first kappa shape index (κ1) is 17.9. The van der Waals surface area contributed by atoms with Crippen LogP contribution >= 0.6 is 0 Å². The minimum absolute atomic E-state index is 0.0192. The highest BCUT2D eigenvalue weighted by molar-refractivity contribution is 5.80. The highest BCUT2D eigenvalue weighted by Crippen LogP contribution is 2.35. The molecule has 1 atom stereocenters. The molecule has 2 fully saturated rings. The lowest BCUT2D eigenvalue weighted by Crippen LogP contribution is -2.45. The quantitative estimate of drug-likeness (QED) is 0.828. The van der Waals surface area contributed by atoms with Crippen LogP contribution in [0.3, 0.4) is 0 Å². The topological polar surface area (TPSA) is 56.8 Å². The molecule has 0 bridgehead atoms. The van der Waals surface area contributed by atoms with Crippen molar-refractivity contribution < 1.29 is 9.59 Å². The van der Waals surface area contributed by atoms with Gasteiger partial charge < -0.3 is 9.80 Å². The van der Waals surface area contributed by atoms with Crippen molar-refractivity contribution in [1.82, 2.24) is 19.7 Å². The summed E-state index contributed by atoms with van der Waals surface area (Å²) in [6, 6.07) is 5.94. The molecule has 2 saturated heterocycles. The molecule has 2 aliphatic heterocycles. The third kappa shape index (κ3) is 4.00. The minimum Gasteiger partial charge on any atom is -0.345 e. The molecule has 1 aromatic heterocycles. The van der Waals surface area contributed by atoms with Crippen LogP contribution in [0.2, 0.25) is 0 Å². The lowest BCUT2D eigenvalue weighted by atomic mass is 9.85. The predicted molar refractivity (Wildman–Crippen MR) is 95.6 cm³/mol. The first-order valence-corrected chi connectivity index (χ1v) is 9.04. The molecule has 6 heteroatoms. The number of carbonyl (C=O) groups is 2. The van der Waals surface area contributed by atoms with Crippen LogP contribution in [0, 0.1) is 11.3 Å². The van der Waals surface area contributed by atoms with E-state index in [0.717, 1.165) is 25.3 Å². The maximum atomic E-state index is 12.6. The van der Waals surface area contributed by atoms with Gasteiger partial charge in [0.1, 0.15) is 0 Å². The number of likely N-dealkylation sites (tertiary alicyclic amines) is 1. The lowest BCUT2D eigenvalue weighted by Gasteiger charge is -2.33. The number of hydrogen-bond acceptors (Lipinski definition) is 4. The number of pyridine rings is 1. The maximum Gasteiger partial charge on any atom is 0.225 e. The summed E-state index contributed by atoms with van der Waals surface area (Å²) in [6.07, 6.45) is 2.33. The summed E-state index contributed by atoms with van der Waals surface area (Å²) in [4.78, 5) is 35.4. The van der Waals surface area contributed by atoms with Crippen LogP contribution in [0.25, 0.3) is 0 Å². The number of nitrogens with zero attached hydrogens (tertiary/aromatic N) is 4. The normalized spacial score (nSPS) is 25.0. The Hall–Kier alpha value is -1.95. The van der Waals surface area contributed by atoms with E-state index in [2.05, 4.69) is 9.88 Å². The molecule has 0 radical (unpaired) electrons. The average molecular weight is 344 g/mol. The summed E-state index contributed by atoms with van der Waals surface area (Å²) in [7, 11) is 1.86. The average Bonchev–Trinajstić information content (AvgIpc) is 2.74. The van der Waals surface area contributed by atoms with Crippen molar-refractivity contribution >= 4 is 11.8 Å². The first-order valence-electron chi connectivity index (χ1n) is 9.04. The Morgan fingerprint density at radius 2 is 2.04 bits per heavy atom. The summed E-state index contributed by atoms with van der Waals surface area (Å²) in [5, 5.41) is 0. The van der Waals surface area contributed by atoms with Crippen LogP contribution in [-0.2, 0) is 16.1 Å². The second kappa shape index (κ2) is 7.12. The van der Waals surface area contributed by atoms with Crippen LogP contribution in [0.4, 0.5) is 0 Å². The van der Waals surface area contributed by atoms with Crippen LogP contribution in [0.5, 0.6) is 0 Å². The standard InChI is InChI=1S/C19H28N4O2/c1-15(2)18(25)23-9-8-22(11-16-6-4-5-7-20-16)13-19(14-23)10-17(24)21(3)12-19/h4-7,15H,8-14H2,1-3H3/t19-/m0/s1. The van der Waals surface area contributed by atoms with Gasteiger partial charge in [0.25, 0.3) is 0 Å². The summed E-state index contributed by atoms with van der Waals surface area (Å²) in [5.41, 5.74) is 0.848. The molecule has 25 heavy (non-hydrogen) atoms. The van der Waals surface area contributed by atoms with Gasteiger partial charge in [-0.25, -0.2) is 0 Å². The molecule has 136 valence electrons. The molecule has 0 aromatic carbocycles. The van der Waals surface area contributed by atoms with E-state index in [4.69, 9.17) is 0 Å². The van der Waals surface area contributed by atoms with Crippen molar-refractivity contribution in [1.29, 1.82) is 0 Å². The third-order valence-corrected chi connectivity index (χ3v) is 5.21. The maximum absolute atomic E-state index is 12.6. The number of hydrogen-bond donors (Lipinski definition) is 0. The van der Waals surface area contributed by atoms with E-state index in [1.165, 1.54) is 0 Å². The van der Waals surface area contributed by atoms with Crippen LogP contribution in [-0.4, -0.2) is 71.3 Å². The highest BCUT2D eigenvalue weighted by atomic mass is 16.2. The van der Waals surface area contributed by atoms with Gasteiger partial charge in [0.2, 0.25) is 11.8 Å². The fourth-order valence-electron chi connectivity index (χ4n) is 4.07. The van der Waals surface area contributed by atoms with Gasteiger partial charge in [-0.3, -0.25) is 19.5 Å². The van der Waals surface area contributed by atoms with Gasteiger partial charge in [-0.2, -0.15) is 0 Å². The Bertz CT molecular complexity index is 634. The molecule has 1 aromatic rings. The fourth-order valence-corrected chi connectivity index (χ4v) is 4.07. The Morgan fingerprint density at radius 1 is 1.24 bits per heavy atom. The number of rotatable bonds is 3. The van der Waals surface area contributed by atoms with Crippen LogP contribution < -0.4 is 0 Å².